The van der Waals surface area contributed by atoms with Crippen molar-refractivity contribution < 1.29 is 9.90 Å². The number of nitrogens with zero attached hydrogens (tertiary/aromatic N) is 2. The quantitative estimate of drug-likeness (QED) is 0.656. The maximum Gasteiger partial charge on any atom is 0.236 e. The summed E-state index contributed by atoms with van der Waals surface area (Å²) >= 11 is 4.78. The zero-order valence-electron chi connectivity index (χ0n) is 10.3. The molecule has 1 saturated heterocycles. The number of piperidine rings is 1. The highest BCUT2D eigenvalue weighted by Crippen LogP contribution is 2.09. The third-order valence-electron chi connectivity index (χ3n) is 3.04. The minimum absolute atomic E-state index is 0.0811. The van der Waals surface area contributed by atoms with Crippen LogP contribution >= 0.6 is 12.2 Å². The average Bonchev–Trinajstić information content (AvgIpc) is 2.28. The van der Waals surface area contributed by atoms with E-state index in [4.69, 9.17) is 18.0 Å². The van der Waals surface area contributed by atoms with Crippen LogP contribution in [0, 0.1) is 0 Å². The molecule has 1 amide bonds. The summed E-state index contributed by atoms with van der Waals surface area (Å²) in [5.41, 5.74) is 5.40. The van der Waals surface area contributed by atoms with Gasteiger partial charge in [0, 0.05) is 33.1 Å². The Bertz CT molecular complexity index is 278. The molecule has 0 bridgehead atoms. The van der Waals surface area contributed by atoms with Crippen molar-refractivity contribution in [2.24, 2.45) is 5.73 Å². The Morgan fingerprint density at radius 3 is 2.65 bits per heavy atom. The van der Waals surface area contributed by atoms with Gasteiger partial charge in [-0.1, -0.05) is 12.2 Å². The lowest BCUT2D eigenvalue weighted by Crippen LogP contribution is -2.43. The van der Waals surface area contributed by atoms with Crippen LogP contribution < -0.4 is 5.73 Å². The maximum atomic E-state index is 11.8. The van der Waals surface area contributed by atoms with Crippen molar-refractivity contribution in [1.29, 1.82) is 0 Å². The van der Waals surface area contributed by atoms with Gasteiger partial charge in [-0.25, -0.2) is 0 Å². The van der Waals surface area contributed by atoms with Gasteiger partial charge in [0.25, 0.3) is 0 Å². The van der Waals surface area contributed by atoms with Gasteiger partial charge in [-0.3, -0.25) is 9.69 Å². The molecule has 1 fully saturated rings. The second-order valence-electron chi connectivity index (χ2n) is 4.54. The van der Waals surface area contributed by atoms with Crippen LogP contribution in [0.5, 0.6) is 0 Å². The number of carbonyl (C=O) groups is 1. The molecular weight excluding hydrogens is 238 g/mol. The van der Waals surface area contributed by atoms with Crippen LogP contribution in [0.2, 0.25) is 0 Å². The number of amides is 1. The van der Waals surface area contributed by atoms with E-state index < -0.39 is 0 Å². The minimum atomic E-state index is -0.200. The molecule has 5 nitrogen and oxygen atoms in total. The van der Waals surface area contributed by atoms with Gasteiger partial charge >= 0.3 is 0 Å². The Morgan fingerprint density at radius 1 is 1.53 bits per heavy atom. The van der Waals surface area contributed by atoms with Gasteiger partial charge in [0.1, 0.15) is 0 Å². The highest BCUT2D eigenvalue weighted by Gasteiger charge is 2.20. The number of likely N-dealkylation sites (N-methyl/N-ethyl adjacent to an activating group) is 1. The van der Waals surface area contributed by atoms with Crippen molar-refractivity contribution >= 4 is 23.1 Å². The van der Waals surface area contributed by atoms with Gasteiger partial charge in [0.15, 0.2) is 0 Å². The second-order valence-corrected chi connectivity index (χ2v) is 5.06. The lowest BCUT2D eigenvalue weighted by atomic mass is 10.1. The number of rotatable bonds is 5. The van der Waals surface area contributed by atoms with Gasteiger partial charge < -0.3 is 15.7 Å². The largest absolute Gasteiger partial charge is 0.393 e. The van der Waals surface area contributed by atoms with E-state index >= 15 is 0 Å². The molecule has 0 aromatic carbocycles. The van der Waals surface area contributed by atoms with Crippen LogP contribution in [-0.4, -0.2) is 65.1 Å². The van der Waals surface area contributed by atoms with Crippen LogP contribution in [0.25, 0.3) is 0 Å². The van der Waals surface area contributed by atoms with E-state index in [2.05, 4.69) is 4.90 Å². The zero-order valence-corrected chi connectivity index (χ0v) is 11.1. The Hall–Kier alpha value is -0.720. The minimum Gasteiger partial charge on any atom is -0.393 e. The number of aliphatic hydroxyl groups excluding tert-OH is 1. The molecule has 0 aliphatic carbocycles. The molecule has 3 N–H and O–H groups in total. The van der Waals surface area contributed by atoms with E-state index in [1.165, 1.54) is 0 Å². The smallest absolute Gasteiger partial charge is 0.236 e. The molecule has 1 aliphatic rings. The molecule has 0 radical (unpaired) electrons. The van der Waals surface area contributed by atoms with E-state index in [0.717, 1.165) is 25.9 Å². The molecule has 1 heterocycles. The van der Waals surface area contributed by atoms with Gasteiger partial charge in [0.2, 0.25) is 5.91 Å². The van der Waals surface area contributed by atoms with Gasteiger partial charge in [0.05, 0.1) is 17.6 Å². The fourth-order valence-electron chi connectivity index (χ4n) is 1.79. The van der Waals surface area contributed by atoms with Crippen LogP contribution in [0.15, 0.2) is 0 Å². The summed E-state index contributed by atoms with van der Waals surface area (Å²) in [6.07, 6.45) is 1.87. The normalized spacial score (nSPS) is 18.0. The Kier molecular flexibility index (Phi) is 5.80. The molecular formula is C11H21N3O2S. The molecule has 1 aliphatic heterocycles. The number of aliphatic hydroxyl groups is 1. The summed E-state index contributed by atoms with van der Waals surface area (Å²) in [6.45, 7) is 2.57. The topological polar surface area (TPSA) is 69.8 Å². The van der Waals surface area contributed by atoms with Crippen molar-refractivity contribution in [2.45, 2.75) is 25.4 Å². The van der Waals surface area contributed by atoms with Gasteiger partial charge in [-0.2, -0.15) is 0 Å². The number of carbonyl (C=O) groups excluding carboxylic acids is 1. The van der Waals surface area contributed by atoms with E-state index in [9.17, 15) is 9.90 Å². The number of thiocarbonyl (C=S) groups is 1. The number of nitrogens with two attached hydrogens (primary N) is 1. The summed E-state index contributed by atoms with van der Waals surface area (Å²) in [6, 6.07) is 0. The zero-order chi connectivity index (χ0) is 12.8. The summed E-state index contributed by atoms with van der Waals surface area (Å²) in [7, 11) is 1.76. The average molecular weight is 259 g/mol. The first-order chi connectivity index (χ1) is 7.99. The Labute approximate surface area is 108 Å². The second kappa shape index (κ2) is 6.88. The lowest BCUT2D eigenvalue weighted by Gasteiger charge is -2.30. The SMILES string of the molecule is CN(CCC(N)=S)C(=O)CN1CCC(O)CC1. The Balaban J connectivity index is 2.25. The molecule has 0 unspecified atom stereocenters. The third-order valence-corrected chi connectivity index (χ3v) is 3.24. The van der Waals surface area contributed by atoms with E-state index in [1.54, 1.807) is 11.9 Å². The van der Waals surface area contributed by atoms with Crippen molar-refractivity contribution in [1.82, 2.24) is 9.80 Å². The van der Waals surface area contributed by atoms with E-state index in [0.29, 0.717) is 24.5 Å². The van der Waals surface area contributed by atoms with E-state index in [1.807, 2.05) is 0 Å². The summed E-state index contributed by atoms with van der Waals surface area (Å²) in [5.74, 6) is 0.0811. The third kappa shape index (κ3) is 5.43. The van der Waals surface area contributed by atoms with Crippen LogP contribution in [0.4, 0.5) is 0 Å². The molecule has 1 rings (SSSR count). The first-order valence-corrected chi connectivity index (χ1v) is 6.32. The highest BCUT2D eigenvalue weighted by atomic mass is 32.1. The summed E-state index contributed by atoms with van der Waals surface area (Å²) in [4.78, 5) is 16.0. The summed E-state index contributed by atoms with van der Waals surface area (Å²) < 4.78 is 0. The van der Waals surface area contributed by atoms with Crippen molar-refractivity contribution in [2.75, 3.05) is 33.2 Å². The fraction of sp³-hybridized carbons (Fsp3) is 0.818. The number of hydrogen-bond acceptors (Lipinski definition) is 4. The number of hydrogen-bond donors (Lipinski definition) is 2. The monoisotopic (exact) mass is 259 g/mol. The first-order valence-electron chi connectivity index (χ1n) is 5.91. The van der Waals surface area contributed by atoms with Crippen molar-refractivity contribution in [3.63, 3.8) is 0 Å². The molecule has 17 heavy (non-hydrogen) atoms. The van der Waals surface area contributed by atoms with Crippen molar-refractivity contribution in [3.8, 4) is 0 Å². The molecule has 98 valence electrons. The molecule has 6 heteroatoms. The predicted octanol–water partition coefficient (Wildman–Crippen LogP) is -0.422. The molecule has 0 spiro atoms. The number of likely N-dealkylation sites (tertiary alicyclic amines) is 1. The predicted molar refractivity (Wildman–Crippen MR) is 70.7 cm³/mol. The lowest BCUT2D eigenvalue weighted by molar-refractivity contribution is -0.131. The van der Waals surface area contributed by atoms with Gasteiger partial charge in [-0.05, 0) is 12.8 Å². The first kappa shape index (κ1) is 14.3. The summed E-state index contributed by atoms with van der Waals surface area (Å²) in [5, 5.41) is 9.37. The standard InChI is InChI=1S/C11H21N3O2S/c1-13(5-4-10(12)17)11(16)8-14-6-2-9(15)3-7-14/h9,15H,2-8H2,1H3,(H2,12,17). The van der Waals surface area contributed by atoms with Gasteiger partial charge in [-0.15, -0.1) is 0 Å². The van der Waals surface area contributed by atoms with Crippen molar-refractivity contribution in [3.05, 3.63) is 0 Å². The fourth-order valence-corrected chi connectivity index (χ4v) is 1.88. The van der Waals surface area contributed by atoms with Crippen LogP contribution in [0.3, 0.4) is 0 Å². The molecule has 0 saturated carbocycles. The van der Waals surface area contributed by atoms with Crippen LogP contribution in [0.1, 0.15) is 19.3 Å². The van der Waals surface area contributed by atoms with E-state index in [-0.39, 0.29) is 12.0 Å². The Morgan fingerprint density at radius 2 is 2.12 bits per heavy atom. The molecule has 0 atom stereocenters. The van der Waals surface area contributed by atoms with Crippen LogP contribution in [-0.2, 0) is 4.79 Å². The maximum absolute atomic E-state index is 11.8. The molecule has 0 aromatic rings. The highest BCUT2D eigenvalue weighted by molar-refractivity contribution is 7.80. The molecule has 0 aromatic heterocycles.